The Kier molecular flexibility index (Phi) is 4.54. The van der Waals surface area contributed by atoms with Crippen LogP contribution in [0.5, 0.6) is 0 Å². The summed E-state index contributed by atoms with van der Waals surface area (Å²) in [6.07, 6.45) is 2.55. The van der Waals surface area contributed by atoms with Crippen molar-refractivity contribution in [3.63, 3.8) is 0 Å². The molecule has 4 nitrogen and oxygen atoms in total. The summed E-state index contributed by atoms with van der Waals surface area (Å²) < 4.78 is 0.855. The smallest absolute Gasteiger partial charge is 0.293 e. The largest absolute Gasteiger partial charge is 0.379 e. The normalized spacial score (nSPS) is 9.67. The minimum Gasteiger partial charge on any atom is -0.379 e. The van der Waals surface area contributed by atoms with Gasteiger partial charge in [0.05, 0.1) is 4.92 Å². The molecule has 0 bridgehead atoms. The van der Waals surface area contributed by atoms with Crippen molar-refractivity contribution in [2.75, 3.05) is 11.9 Å². The Morgan fingerprint density at radius 1 is 1.60 bits per heavy atom. The fourth-order valence-electron chi connectivity index (χ4n) is 1.11. The molecular weight excluding hydrogens is 307 g/mol. The van der Waals surface area contributed by atoms with E-state index in [1.165, 1.54) is 0 Å². The van der Waals surface area contributed by atoms with Crippen molar-refractivity contribution in [2.45, 2.75) is 6.42 Å². The van der Waals surface area contributed by atoms with Gasteiger partial charge in [0.2, 0.25) is 0 Å². The number of rotatable bonds is 5. The van der Waals surface area contributed by atoms with Gasteiger partial charge in [-0.25, -0.2) is 0 Å². The first-order valence-electron chi connectivity index (χ1n) is 4.44. The van der Waals surface area contributed by atoms with Crippen molar-refractivity contribution in [3.05, 3.63) is 44.5 Å². The molecule has 1 aromatic carbocycles. The van der Waals surface area contributed by atoms with Crippen molar-refractivity contribution in [2.24, 2.45) is 0 Å². The van der Waals surface area contributed by atoms with Crippen LogP contribution in [0, 0.1) is 13.7 Å². The van der Waals surface area contributed by atoms with E-state index in [1.54, 1.807) is 18.2 Å². The zero-order chi connectivity index (χ0) is 11.3. The third-order valence-corrected chi connectivity index (χ3v) is 2.49. The van der Waals surface area contributed by atoms with Crippen LogP contribution in [0.2, 0.25) is 0 Å². The molecule has 15 heavy (non-hydrogen) atoms. The second-order valence-electron chi connectivity index (χ2n) is 2.92. The summed E-state index contributed by atoms with van der Waals surface area (Å²) in [7, 11) is 0. The number of anilines is 1. The zero-order valence-corrected chi connectivity index (χ0v) is 10.2. The Labute approximate surface area is 102 Å². The van der Waals surface area contributed by atoms with Crippen molar-refractivity contribution < 1.29 is 4.92 Å². The Morgan fingerprint density at radius 2 is 2.33 bits per heavy atom. The summed E-state index contributed by atoms with van der Waals surface area (Å²) in [5.41, 5.74) is 0.674. The first kappa shape index (κ1) is 12.0. The maximum absolute atomic E-state index is 10.7. The number of hydrogen-bond donors (Lipinski definition) is 1. The Bertz CT molecular complexity index is 380. The second kappa shape index (κ2) is 5.69. The van der Waals surface area contributed by atoms with Crippen LogP contribution in [0.25, 0.3) is 0 Å². The average Bonchev–Trinajstić information content (AvgIpc) is 2.20. The third kappa shape index (κ3) is 3.50. The van der Waals surface area contributed by atoms with E-state index < -0.39 is 0 Å². The molecule has 0 atom stereocenters. The molecule has 0 heterocycles. The predicted molar refractivity (Wildman–Crippen MR) is 69.1 cm³/mol. The molecule has 0 saturated heterocycles. The third-order valence-electron chi connectivity index (χ3n) is 1.82. The molecule has 0 aliphatic heterocycles. The monoisotopic (exact) mass is 318 g/mol. The van der Waals surface area contributed by atoms with E-state index in [9.17, 15) is 10.1 Å². The van der Waals surface area contributed by atoms with E-state index in [0.29, 0.717) is 12.2 Å². The van der Waals surface area contributed by atoms with Gasteiger partial charge in [-0.3, -0.25) is 10.1 Å². The summed E-state index contributed by atoms with van der Waals surface area (Å²) in [6.45, 7) is 4.25. The number of nitrogens with zero attached hydrogens (tertiary/aromatic N) is 1. The van der Waals surface area contributed by atoms with Gasteiger partial charge in [-0.15, -0.1) is 6.58 Å². The average molecular weight is 318 g/mol. The summed E-state index contributed by atoms with van der Waals surface area (Å²) in [5.74, 6) is 0. The highest BCUT2D eigenvalue weighted by atomic mass is 127. The molecule has 0 aliphatic carbocycles. The van der Waals surface area contributed by atoms with Crippen molar-refractivity contribution in [3.8, 4) is 0 Å². The molecule has 80 valence electrons. The highest BCUT2D eigenvalue weighted by Gasteiger charge is 2.12. The summed E-state index contributed by atoms with van der Waals surface area (Å²) in [5, 5.41) is 13.8. The lowest BCUT2D eigenvalue weighted by molar-refractivity contribution is -0.384. The van der Waals surface area contributed by atoms with E-state index in [4.69, 9.17) is 0 Å². The maximum Gasteiger partial charge on any atom is 0.293 e. The predicted octanol–water partition coefficient (Wildman–Crippen LogP) is 3.19. The fraction of sp³-hybridized carbons (Fsp3) is 0.200. The van der Waals surface area contributed by atoms with Gasteiger partial charge in [0.15, 0.2) is 0 Å². The lowest BCUT2D eigenvalue weighted by Gasteiger charge is -2.05. The summed E-state index contributed by atoms with van der Waals surface area (Å²) >= 11 is 2.05. The molecule has 0 unspecified atom stereocenters. The molecule has 1 N–H and O–H groups in total. The molecule has 0 radical (unpaired) electrons. The van der Waals surface area contributed by atoms with E-state index in [2.05, 4.69) is 34.5 Å². The molecule has 0 fully saturated rings. The van der Waals surface area contributed by atoms with Crippen LogP contribution in [0.1, 0.15) is 6.42 Å². The van der Waals surface area contributed by atoms with E-state index >= 15 is 0 Å². The van der Waals surface area contributed by atoms with Gasteiger partial charge in [-0.2, -0.15) is 0 Å². The molecule has 0 amide bonds. The van der Waals surface area contributed by atoms with E-state index in [1.807, 2.05) is 6.07 Å². The number of nitrogens with one attached hydrogen (secondary N) is 1. The molecule has 0 aliphatic rings. The number of nitro groups is 1. The van der Waals surface area contributed by atoms with Crippen LogP contribution in [-0.4, -0.2) is 11.5 Å². The zero-order valence-electron chi connectivity index (χ0n) is 8.07. The molecule has 0 aromatic heterocycles. The molecule has 0 spiro atoms. The van der Waals surface area contributed by atoms with Gasteiger partial charge in [0.1, 0.15) is 5.69 Å². The van der Waals surface area contributed by atoms with Crippen molar-refractivity contribution >= 4 is 34.0 Å². The van der Waals surface area contributed by atoms with Crippen LogP contribution in [-0.2, 0) is 0 Å². The van der Waals surface area contributed by atoms with E-state index in [0.717, 1.165) is 9.99 Å². The molecule has 5 heteroatoms. The Hall–Kier alpha value is -1.11. The standard InChI is InChI=1S/C10H11IN2O2/c1-2-3-6-12-9-5-4-8(11)7-10(9)13(14)15/h2,4-5,7,12H,1,3,6H2. The van der Waals surface area contributed by atoms with Crippen LogP contribution < -0.4 is 5.32 Å². The lowest BCUT2D eigenvalue weighted by atomic mass is 10.2. The number of halogens is 1. The van der Waals surface area contributed by atoms with Gasteiger partial charge in [0, 0.05) is 16.2 Å². The Morgan fingerprint density at radius 3 is 2.93 bits per heavy atom. The first-order chi connectivity index (χ1) is 7.15. The molecule has 0 saturated carbocycles. The number of hydrogen-bond acceptors (Lipinski definition) is 3. The molecular formula is C10H11IN2O2. The summed E-state index contributed by atoms with van der Waals surface area (Å²) in [6, 6.07) is 5.11. The van der Waals surface area contributed by atoms with E-state index in [-0.39, 0.29) is 10.6 Å². The van der Waals surface area contributed by atoms with Gasteiger partial charge in [-0.1, -0.05) is 6.08 Å². The summed E-state index contributed by atoms with van der Waals surface area (Å²) in [4.78, 5) is 10.4. The molecule has 1 rings (SSSR count). The second-order valence-corrected chi connectivity index (χ2v) is 4.17. The van der Waals surface area contributed by atoms with Crippen molar-refractivity contribution in [1.29, 1.82) is 0 Å². The van der Waals surface area contributed by atoms with Crippen LogP contribution in [0.15, 0.2) is 30.9 Å². The topological polar surface area (TPSA) is 55.2 Å². The number of nitro benzene ring substituents is 1. The Balaban J connectivity index is 2.85. The van der Waals surface area contributed by atoms with Crippen LogP contribution in [0.4, 0.5) is 11.4 Å². The lowest BCUT2D eigenvalue weighted by Crippen LogP contribution is -2.03. The van der Waals surface area contributed by atoms with Gasteiger partial charge >= 0.3 is 0 Å². The minimum atomic E-state index is -0.377. The van der Waals surface area contributed by atoms with Gasteiger partial charge < -0.3 is 5.32 Å². The highest BCUT2D eigenvalue weighted by Crippen LogP contribution is 2.26. The molecule has 1 aromatic rings. The quantitative estimate of drug-likeness (QED) is 0.298. The maximum atomic E-state index is 10.7. The highest BCUT2D eigenvalue weighted by molar-refractivity contribution is 14.1. The van der Waals surface area contributed by atoms with Crippen LogP contribution in [0.3, 0.4) is 0 Å². The first-order valence-corrected chi connectivity index (χ1v) is 5.51. The van der Waals surface area contributed by atoms with Crippen LogP contribution >= 0.6 is 22.6 Å². The van der Waals surface area contributed by atoms with Crippen molar-refractivity contribution in [1.82, 2.24) is 0 Å². The fourth-order valence-corrected chi connectivity index (χ4v) is 1.59. The number of benzene rings is 1. The van der Waals surface area contributed by atoms with Gasteiger partial charge in [0.25, 0.3) is 5.69 Å². The SMILES string of the molecule is C=CCCNc1ccc(I)cc1[N+](=O)[O-]. The van der Waals surface area contributed by atoms with Gasteiger partial charge in [-0.05, 0) is 41.1 Å². The minimum absolute atomic E-state index is 0.117.